The van der Waals surface area contributed by atoms with Crippen LogP contribution in [0.15, 0.2) is 65.4 Å². The highest BCUT2D eigenvalue weighted by atomic mass is 32.2. The molecule has 1 fully saturated rings. The Bertz CT molecular complexity index is 1850. The summed E-state index contributed by atoms with van der Waals surface area (Å²) in [6, 6.07) is 16.1. The fourth-order valence-corrected chi connectivity index (χ4v) is 6.08. The van der Waals surface area contributed by atoms with Crippen LogP contribution in [0.25, 0.3) is 22.6 Å². The smallest absolute Gasteiger partial charge is 0.255 e. The lowest BCUT2D eigenvalue weighted by Gasteiger charge is -2.26. The van der Waals surface area contributed by atoms with E-state index in [1.165, 1.54) is 0 Å². The predicted octanol–water partition coefficient (Wildman–Crippen LogP) is 3.36. The zero-order valence-corrected chi connectivity index (χ0v) is 23.5. The van der Waals surface area contributed by atoms with Crippen LogP contribution >= 0.6 is 0 Å². The zero-order chi connectivity index (χ0) is 29.3. The van der Waals surface area contributed by atoms with Gasteiger partial charge in [-0.15, -0.1) is 0 Å². The van der Waals surface area contributed by atoms with E-state index in [-0.39, 0.29) is 23.2 Å². The number of aromatic nitrogens is 5. The van der Waals surface area contributed by atoms with Crippen LogP contribution in [-0.4, -0.2) is 68.7 Å². The number of carbonyl (C=O) groups excluding carboxylic acids is 1. The number of ether oxygens (including phenoxy) is 1. The number of hydrogen-bond donors (Lipinski definition) is 2. The summed E-state index contributed by atoms with van der Waals surface area (Å²) in [7, 11) is -2.91. The summed E-state index contributed by atoms with van der Waals surface area (Å²) in [5.74, 6) is 1.53. The molecule has 0 aliphatic carbocycles. The number of pyridine rings is 1. The summed E-state index contributed by atoms with van der Waals surface area (Å²) in [5.41, 5.74) is 9.73. The van der Waals surface area contributed by atoms with Gasteiger partial charge in [-0.2, -0.15) is 0 Å². The van der Waals surface area contributed by atoms with E-state index in [2.05, 4.69) is 30.5 Å². The van der Waals surface area contributed by atoms with E-state index >= 15 is 0 Å². The van der Waals surface area contributed by atoms with Crippen molar-refractivity contribution >= 4 is 38.3 Å². The molecule has 0 saturated carbocycles. The number of hydrogen-bond acceptors (Lipinski definition) is 11. The normalized spacial score (nSPS) is 15.1. The standard InChI is InChI=1S/C28H28N8O5S/c1-2-36-23-15-24(30-16-22(23)32-27(36)25-26(29)34-41-33-25)40-21-5-3-4-19(14-21)28(37)31-20-8-6-18(7-9-20)17-35-10-12-42(38,39)13-11-35/h3-9,14-16H,2,10-13,17H2,1H3,(H2,29,34)(H,31,37). The van der Waals surface area contributed by atoms with Crippen molar-refractivity contribution in [3.05, 3.63) is 71.9 Å². The molecule has 3 aromatic heterocycles. The lowest BCUT2D eigenvalue weighted by Crippen LogP contribution is -2.39. The van der Waals surface area contributed by atoms with Crippen LogP contribution in [0.1, 0.15) is 22.8 Å². The minimum Gasteiger partial charge on any atom is -0.439 e. The van der Waals surface area contributed by atoms with E-state index in [1.54, 1.807) is 36.5 Å². The van der Waals surface area contributed by atoms with E-state index < -0.39 is 9.84 Å². The van der Waals surface area contributed by atoms with Crippen LogP contribution in [0.2, 0.25) is 0 Å². The second-order valence-electron chi connectivity index (χ2n) is 9.90. The van der Waals surface area contributed by atoms with Gasteiger partial charge in [0.2, 0.25) is 5.88 Å². The van der Waals surface area contributed by atoms with Crippen molar-refractivity contribution in [1.29, 1.82) is 0 Å². The Hall–Kier alpha value is -4.82. The maximum atomic E-state index is 13.0. The Morgan fingerprint density at radius 2 is 1.88 bits per heavy atom. The fraction of sp³-hybridized carbons (Fsp3) is 0.250. The molecule has 1 aliphatic heterocycles. The molecule has 0 radical (unpaired) electrons. The number of aryl methyl sites for hydroxylation is 1. The molecule has 0 spiro atoms. The van der Waals surface area contributed by atoms with Gasteiger partial charge in [0.25, 0.3) is 5.91 Å². The first-order chi connectivity index (χ1) is 20.3. The average molecular weight is 589 g/mol. The molecule has 0 atom stereocenters. The van der Waals surface area contributed by atoms with Gasteiger partial charge in [-0.1, -0.05) is 18.2 Å². The monoisotopic (exact) mass is 588 g/mol. The van der Waals surface area contributed by atoms with Gasteiger partial charge in [0.15, 0.2) is 27.2 Å². The molecule has 13 nitrogen and oxygen atoms in total. The molecule has 2 aromatic carbocycles. The molecule has 5 aromatic rings. The van der Waals surface area contributed by atoms with Crippen LogP contribution in [-0.2, 0) is 22.9 Å². The summed E-state index contributed by atoms with van der Waals surface area (Å²) in [6.07, 6.45) is 1.59. The summed E-state index contributed by atoms with van der Waals surface area (Å²) in [6.45, 7) is 4.27. The highest BCUT2D eigenvalue weighted by Gasteiger charge is 2.22. The SMILES string of the molecule is CCn1c(-c2nonc2N)nc2cnc(Oc3cccc(C(=O)Nc4ccc(CN5CCS(=O)(=O)CC5)cc4)c3)cc21. The third-order valence-electron chi connectivity index (χ3n) is 7.03. The number of carbonyl (C=O) groups is 1. The highest BCUT2D eigenvalue weighted by Crippen LogP contribution is 2.29. The number of nitrogen functional groups attached to an aromatic ring is 1. The Morgan fingerprint density at radius 3 is 2.60 bits per heavy atom. The number of anilines is 2. The second kappa shape index (κ2) is 11.2. The minimum absolute atomic E-state index is 0.146. The van der Waals surface area contributed by atoms with Crippen molar-refractivity contribution in [1.82, 2.24) is 29.7 Å². The average Bonchev–Trinajstić information content (AvgIpc) is 3.57. The van der Waals surface area contributed by atoms with Crippen molar-refractivity contribution in [3.63, 3.8) is 0 Å². The molecular weight excluding hydrogens is 560 g/mol. The van der Waals surface area contributed by atoms with Crippen LogP contribution in [0.5, 0.6) is 11.6 Å². The van der Waals surface area contributed by atoms with Crippen molar-refractivity contribution in [2.45, 2.75) is 20.0 Å². The Kier molecular flexibility index (Phi) is 7.31. The van der Waals surface area contributed by atoms with Crippen molar-refractivity contribution in [3.8, 4) is 23.1 Å². The molecule has 1 amide bonds. The number of sulfone groups is 1. The molecule has 1 saturated heterocycles. The molecule has 0 bridgehead atoms. The van der Waals surface area contributed by atoms with Gasteiger partial charge in [0, 0.05) is 43.5 Å². The van der Waals surface area contributed by atoms with Crippen LogP contribution in [0.3, 0.4) is 0 Å². The molecule has 14 heteroatoms. The molecule has 42 heavy (non-hydrogen) atoms. The van der Waals surface area contributed by atoms with Gasteiger partial charge in [-0.05, 0) is 53.1 Å². The number of nitrogens with one attached hydrogen (secondary N) is 1. The summed E-state index contributed by atoms with van der Waals surface area (Å²) in [5, 5.41) is 10.4. The third-order valence-corrected chi connectivity index (χ3v) is 8.63. The van der Waals surface area contributed by atoms with Gasteiger partial charge in [-0.25, -0.2) is 23.0 Å². The largest absolute Gasteiger partial charge is 0.439 e. The molecule has 216 valence electrons. The first-order valence-electron chi connectivity index (χ1n) is 13.3. The number of benzene rings is 2. The third kappa shape index (κ3) is 5.80. The van der Waals surface area contributed by atoms with Crippen molar-refractivity contribution < 1.29 is 22.6 Å². The van der Waals surface area contributed by atoms with Gasteiger partial charge in [0.1, 0.15) is 11.3 Å². The quantitative estimate of drug-likeness (QED) is 0.272. The molecule has 4 heterocycles. The summed E-state index contributed by atoms with van der Waals surface area (Å²) < 4.78 is 36.0. The van der Waals surface area contributed by atoms with E-state index in [1.807, 2.05) is 35.8 Å². The Balaban J connectivity index is 1.13. The zero-order valence-electron chi connectivity index (χ0n) is 22.7. The van der Waals surface area contributed by atoms with E-state index in [4.69, 9.17) is 15.1 Å². The number of rotatable bonds is 8. The van der Waals surface area contributed by atoms with E-state index in [0.717, 1.165) is 11.1 Å². The summed E-state index contributed by atoms with van der Waals surface area (Å²) in [4.78, 5) is 24.1. The number of nitrogens with two attached hydrogens (primary N) is 1. The number of amides is 1. The van der Waals surface area contributed by atoms with Gasteiger partial charge < -0.3 is 20.4 Å². The highest BCUT2D eigenvalue weighted by molar-refractivity contribution is 7.91. The van der Waals surface area contributed by atoms with Crippen LogP contribution < -0.4 is 15.8 Å². The maximum Gasteiger partial charge on any atom is 0.255 e. The lowest BCUT2D eigenvalue weighted by atomic mass is 10.1. The molecular formula is C28H28N8O5S. The first kappa shape index (κ1) is 27.4. The number of imidazole rings is 1. The van der Waals surface area contributed by atoms with Crippen LogP contribution in [0, 0.1) is 0 Å². The molecule has 3 N–H and O–H groups in total. The number of fused-ring (bicyclic) bond motifs is 1. The van der Waals surface area contributed by atoms with Gasteiger partial charge in [0.05, 0.1) is 23.2 Å². The maximum absolute atomic E-state index is 13.0. The second-order valence-corrected chi connectivity index (χ2v) is 12.2. The molecule has 0 unspecified atom stereocenters. The van der Waals surface area contributed by atoms with Gasteiger partial charge in [-0.3, -0.25) is 9.69 Å². The summed E-state index contributed by atoms with van der Waals surface area (Å²) >= 11 is 0. The number of nitrogens with zero attached hydrogens (tertiary/aromatic N) is 6. The van der Waals surface area contributed by atoms with E-state index in [0.29, 0.717) is 66.1 Å². The molecule has 6 rings (SSSR count). The first-order valence-corrected chi connectivity index (χ1v) is 15.2. The van der Waals surface area contributed by atoms with Crippen LogP contribution in [0.4, 0.5) is 11.5 Å². The minimum atomic E-state index is -2.91. The van der Waals surface area contributed by atoms with Gasteiger partial charge >= 0.3 is 0 Å². The fourth-order valence-electron chi connectivity index (χ4n) is 4.80. The predicted molar refractivity (Wildman–Crippen MR) is 156 cm³/mol. The van der Waals surface area contributed by atoms with Crippen molar-refractivity contribution in [2.75, 3.05) is 35.6 Å². The Labute approximate surface area is 241 Å². The lowest BCUT2D eigenvalue weighted by molar-refractivity contribution is 0.102. The van der Waals surface area contributed by atoms with Crippen molar-refractivity contribution in [2.24, 2.45) is 0 Å². The Morgan fingerprint density at radius 1 is 1.10 bits per heavy atom. The van der Waals surface area contributed by atoms with E-state index in [9.17, 15) is 13.2 Å². The topological polar surface area (TPSA) is 171 Å². The molecule has 1 aliphatic rings.